The van der Waals surface area contributed by atoms with Crippen LogP contribution < -0.4 is 5.32 Å². The highest BCUT2D eigenvalue weighted by Gasteiger charge is 2.32. The number of rotatable bonds is 2. The quantitative estimate of drug-likeness (QED) is 0.895. The monoisotopic (exact) mass is 298 g/mol. The van der Waals surface area contributed by atoms with Crippen LogP contribution in [0.5, 0.6) is 0 Å². The molecule has 1 aromatic carbocycles. The lowest BCUT2D eigenvalue weighted by Crippen LogP contribution is -2.41. The number of nitrogens with zero attached hydrogens (tertiary/aromatic N) is 2. The van der Waals surface area contributed by atoms with Crippen LogP contribution in [-0.2, 0) is 0 Å². The van der Waals surface area contributed by atoms with Crippen molar-refractivity contribution in [3.63, 3.8) is 0 Å². The molecule has 0 radical (unpaired) electrons. The topological polar surface area (TPSA) is 70.7 Å². The number of carbonyl (C=O) groups excluding carboxylic acids is 1. The zero-order valence-electron chi connectivity index (χ0n) is 12.7. The van der Waals surface area contributed by atoms with Gasteiger partial charge < -0.3 is 5.32 Å². The third-order valence-electron chi connectivity index (χ3n) is 5.45. The van der Waals surface area contributed by atoms with E-state index in [0.717, 1.165) is 35.7 Å². The van der Waals surface area contributed by atoms with Crippen molar-refractivity contribution in [2.75, 3.05) is 0 Å². The fraction of sp³-hybridized carbons (Fsp3) is 0.588. The number of fused-ring (bicyclic) bond motifs is 2. The number of aromatic amines is 1. The molecule has 2 aliphatic rings. The molecule has 1 aromatic heterocycles. The number of hydrogen-bond donors (Lipinski definition) is 2. The lowest BCUT2D eigenvalue weighted by molar-refractivity contribution is 0.0879. The van der Waals surface area contributed by atoms with Crippen LogP contribution in [0.25, 0.3) is 11.0 Å². The summed E-state index contributed by atoms with van der Waals surface area (Å²) in [6.45, 7) is 0. The van der Waals surface area contributed by atoms with Gasteiger partial charge in [0.2, 0.25) is 0 Å². The van der Waals surface area contributed by atoms with Crippen LogP contribution in [0, 0.1) is 11.8 Å². The molecule has 2 aromatic rings. The summed E-state index contributed by atoms with van der Waals surface area (Å²) in [5, 5.41) is 13.9. The molecular weight excluding hydrogens is 276 g/mol. The van der Waals surface area contributed by atoms with Gasteiger partial charge in [-0.2, -0.15) is 15.4 Å². The summed E-state index contributed by atoms with van der Waals surface area (Å²) in [5.41, 5.74) is 2.20. The molecule has 5 heteroatoms. The second-order valence-electron chi connectivity index (χ2n) is 6.82. The highest BCUT2D eigenvalue weighted by Crippen LogP contribution is 2.40. The second-order valence-corrected chi connectivity index (χ2v) is 6.82. The largest absolute Gasteiger partial charge is 0.349 e. The van der Waals surface area contributed by atoms with Crippen molar-refractivity contribution in [1.82, 2.24) is 20.7 Å². The first kappa shape index (κ1) is 13.7. The molecule has 4 rings (SSSR count). The van der Waals surface area contributed by atoms with Crippen LogP contribution in [-0.4, -0.2) is 27.4 Å². The predicted octanol–water partition coefficient (Wildman–Crippen LogP) is 3.05. The number of hydrogen-bond acceptors (Lipinski definition) is 3. The molecule has 22 heavy (non-hydrogen) atoms. The Hall–Kier alpha value is -1.91. The van der Waals surface area contributed by atoms with Gasteiger partial charge in [0.25, 0.3) is 5.91 Å². The Morgan fingerprint density at radius 2 is 1.86 bits per heavy atom. The molecule has 116 valence electrons. The van der Waals surface area contributed by atoms with E-state index in [2.05, 4.69) is 20.7 Å². The van der Waals surface area contributed by atoms with Gasteiger partial charge in [0.05, 0.1) is 0 Å². The maximum Gasteiger partial charge on any atom is 0.251 e. The maximum atomic E-state index is 12.5. The summed E-state index contributed by atoms with van der Waals surface area (Å²) >= 11 is 0. The van der Waals surface area contributed by atoms with E-state index in [4.69, 9.17) is 0 Å². The summed E-state index contributed by atoms with van der Waals surface area (Å²) in [7, 11) is 0. The van der Waals surface area contributed by atoms with Crippen molar-refractivity contribution < 1.29 is 4.79 Å². The zero-order valence-corrected chi connectivity index (χ0v) is 12.7. The molecule has 0 aliphatic heterocycles. The van der Waals surface area contributed by atoms with Crippen LogP contribution >= 0.6 is 0 Å². The van der Waals surface area contributed by atoms with Crippen molar-refractivity contribution in [2.45, 2.75) is 51.0 Å². The van der Waals surface area contributed by atoms with Gasteiger partial charge in [-0.15, -0.1) is 0 Å². The first-order chi connectivity index (χ1) is 10.8. The van der Waals surface area contributed by atoms with Gasteiger partial charge in [0, 0.05) is 11.6 Å². The molecule has 0 spiro atoms. The number of nitrogens with one attached hydrogen (secondary N) is 2. The Balaban J connectivity index is 1.43. The first-order valence-electron chi connectivity index (χ1n) is 8.41. The number of H-pyrrole nitrogens is 1. The van der Waals surface area contributed by atoms with Gasteiger partial charge in [0.15, 0.2) is 0 Å². The summed E-state index contributed by atoms with van der Waals surface area (Å²) in [5.74, 6) is 1.75. The molecule has 2 fully saturated rings. The molecule has 2 aliphatic carbocycles. The van der Waals surface area contributed by atoms with Crippen LogP contribution in [0.3, 0.4) is 0 Å². The Morgan fingerprint density at radius 1 is 1.05 bits per heavy atom. The SMILES string of the molecule is O=C(N[C@@H]1CC[C@H]2CCCC[C@@H]2C1)c1ccc2n[nH]nc2c1. The van der Waals surface area contributed by atoms with Gasteiger partial charge in [0.1, 0.15) is 11.0 Å². The normalized spacial score (nSPS) is 28.3. The molecule has 2 saturated carbocycles. The molecule has 0 saturated heterocycles. The average Bonchev–Trinajstić information content (AvgIpc) is 3.02. The van der Waals surface area contributed by atoms with Crippen molar-refractivity contribution in [3.05, 3.63) is 23.8 Å². The Kier molecular flexibility index (Phi) is 3.56. The zero-order chi connectivity index (χ0) is 14.9. The minimum atomic E-state index is 0.0177. The standard InChI is InChI=1S/C17H22N4O/c22-17(13-6-8-15-16(10-13)20-21-19-15)18-14-7-5-11-3-1-2-4-12(11)9-14/h6,8,10-12,14H,1-5,7,9H2,(H,18,22)(H,19,20,21)/t11-,12-,14-/m1/s1. The first-order valence-corrected chi connectivity index (χ1v) is 8.41. The molecule has 0 bridgehead atoms. The van der Waals surface area contributed by atoms with Gasteiger partial charge >= 0.3 is 0 Å². The van der Waals surface area contributed by atoms with Gasteiger partial charge in [-0.1, -0.05) is 25.7 Å². The number of amides is 1. The summed E-state index contributed by atoms with van der Waals surface area (Å²) in [4.78, 5) is 12.5. The third-order valence-corrected chi connectivity index (χ3v) is 5.45. The second kappa shape index (κ2) is 5.71. The van der Waals surface area contributed by atoms with Gasteiger partial charge in [-0.25, -0.2) is 0 Å². The summed E-state index contributed by atoms with van der Waals surface area (Å²) in [6.07, 6.45) is 9.07. The molecular formula is C17H22N4O. The molecule has 2 N–H and O–H groups in total. The van der Waals surface area contributed by atoms with E-state index >= 15 is 0 Å². The highest BCUT2D eigenvalue weighted by atomic mass is 16.1. The molecule has 0 unspecified atom stereocenters. The third kappa shape index (κ3) is 2.60. The summed E-state index contributed by atoms with van der Waals surface area (Å²) in [6, 6.07) is 5.80. The minimum Gasteiger partial charge on any atom is -0.349 e. The fourth-order valence-corrected chi connectivity index (χ4v) is 4.25. The molecule has 1 heterocycles. The Morgan fingerprint density at radius 3 is 2.77 bits per heavy atom. The van der Waals surface area contributed by atoms with Crippen LogP contribution in [0.15, 0.2) is 18.2 Å². The minimum absolute atomic E-state index is 0.0177. The van der Waals surface area contributed by atoms with E-state index in [1.54, 1.807) is 6.07 Å². The Labute approximate surface area is 129 Å². The van der Waals surface area contributed by atoms with Crippen LogP contribution in [0.2, 0.25) is 0 Å². The maximum absolute atomic E-state index is 12.5. The highest BCUT2D eigenvalue weighted by molar-refractivity contribution is 5.97. The van der Waals surface area contributed by atoms with E-state index in [1.807, 2.05) is 12.1 Å². The van der Waals surface area contributed by atoms with Crippen LogP contribution in [0.4, 0.5) is 0 Å². The number of carbonyl (C=O) groups is 1. The summed E-state index contributed by atoms with van der Waals surface area (Å²) < 4.78 is 0. The van der Waals surface area contributed by atoms with Gasteiger partial charge in [-0.05, 0) is 49.3 Å². The smallest absolute Gasteiger partial charge is 0.251 e. The number of benzene rings is 1. The van der Waals surface area contributed by atoms with Crippen molar-refractivity contribution in [3.8, 4) is 0 Å². The van der Waals surface area contributed by atoms with E-state index < -0.39 is 0 Å². The molecule has 1 amide bonds. The predicted molar refractivity (Wildman–Crippen MR) is 84.4 cm³/mol. The lowest BCUT2D eigenvalue weighted by atomic mass is 9.69. The average molecular weight is 298 g/mol. The molecule has 5 nitrogen and oxygen atoms in total. The number of aromatic nitrogens is 3. The van der Waals surface area contributed by atoms with Crippen molar-refractivity contribution in [1.29, 1.82) is 0 Å². The van der Waals surface area contributed by atoms with E-state index in [-0.39, 0.29) is 5.91 Å². The van der Waals surface area contributed by atoms with Crippen LogP contribution in [0.1, 0.15) is 55.3 Å². The van der Waals surface area contributed by atoms with E-state index in [1.165, 1.54) is 32.1 Å². The Bertz CT molecular complexity index is 680. The molecule has 3 atom stereocenters. The fourth-order valence-electron chi connectivity index (χ4n) is 4.25. The van der Waals surface area contributed by atoms with E-state index in [0.29, 0.717) is 11.6 Å². The van der Waals surface area contributed by atoms with E-state index in [9.17, 15) is 4.79 Å². The lowest BCUT2D eigenvalue weighted by Gasteiger charge is -2.39. The van der Waals surface area contributed by atoms with Gasteiger partial charge in [-0.3, -0.25) is 4.79 Å². The van der Waals surface area contributed by atoms with Crippen molar-refractivity contribution >= 4 is 16.9 Å². The van der Waals surface area contributed by atoms with Crippen molar-refractivity contribution in [2.24, 2.45) is 11.8 Å².